The summed E-state index contributed by atoms with van der Waals surface area (Å²) >= 11 is 0. The summed E-state index contributed by atoms with van der Waals surface area (Å²) in [6.07, 6.45) is 0. The Bertz CT molecular complexity index is 454. The number of halogens is 1. The van der Waals surface area contributed by atoms with Crippen LogP contribution in [0.1, 0.15) is 18.1 Å². The van der Waals surface area contributed by atoms with E-state index in [9.17, 15) is 9.18 Å². The maximum absolute atomic E-state index is 13.1. The maximum Gasteiger partial charge on any atom is 0.317 e. The zero-order valence-corrected chi connectivity index (χ0v) is 9.48. The number of likely N-dealkylation sites (N-methyl/N-ethyl adjacent to an activating group) is 1. The predicted molar refractivity (Wildman–Crippen MR) is 59.7 cm³/mol. The van der Waals surface area contributed by atoms with Gasteiger partial charge in [0.25, 0.3) is 0 Å². The van der Waals surface area contributed by atoms with Crippen LogP contribution >= 0.6 is 0 Å². The second-order valence-corrected chi connectivity index (χ2v) is 3.61. The molecule has 17 heavy (non-hydrogen) atoms. The van der Waals surface area contributed by atoms with Crippen LogP contribution in [0.25, 0.3) is 0 Å². The van der Waals surface area contributed by atoms with E-state index in [1.54, 1.807) is 4.90 Å². The van der Waals surface area contributed by atoms with Crippen molar-refractivity contribution < 1.29 is 14.3 Å². The molecule has 0 saturated carbocycles. The lowest BCUT2D eigenvalue weighted by Crippen LogP contribution is -2.29. The van der Waals surface area contributed by atoms with Crippen molar-refractivity contribution in [2.24, 2.45) is 0 Å². The van der Waals surface area contributed by atoms with Gasteiger partial charge in [-0.25, -0.2) is 4.39 Å². The largest absolute Gasteiger partial charge is 0.480 e. The van der Waals surface area contributed by atoms with Crippen LogP contribution in [0.4, 0.5) is 4.39 Å². The lowest BCUT2D eigenvalue weighted by Gasteiger charge is -2.18. The maximum atomic E-state index is 13.1. The van der Waals surface area contributed by atoms with Crippen molar-refractivity contribution in [1.82, 2.24) is 4.90 Å². The van der Waals surface area contributed by atoms with E-state index in [0.29, 0.717) is 17.7 Å². The number of carboxylic acid groups (broad SMARTS) is 1. The molecule has 0 amide bonds. The van der Waals surface area contributed by atoms with Crippen LogP contribution in [0.5, 0.6) is 0 Å². The summed E-state index contributed by atoms with van der Waals surface area (Å²) in [5.74, 6) is -1.37. The Balaban J connectivity index is 2.89. The van der Waals surface area contributed by atoms with Crippen molar-refractivity contribution in [3.8, 4) is 6.07 Å². The quantitative estimate of drug-likeness (QED) is 0.843. The summed E-state index contributed by atoms with van der Waals surface area (Å²) in [5.41, 5.74) is 0.880. The van der Waals surface area contributed by atoms with Crippen LogP contribution in [-0.2, 0) is 11.3 Å². The topological polar surface area (TPSA) is 64.3 Å². The molecule has 0 aliphatic heterocycles. The highest BCUT2D eigenvalue weighted by molar-refractivity contribution is 5.69. The zero-order chi connectivity index (χ0) is 12.8. The van der Waals surface area contributed by atoms with Gasteiger partial charge in [0.2, 0.25) is 0 Å². The second kappa shape index (κ2) is 5.97. The normalized spacial score (nSPS) is 10.2. The SMILES string of the molecule is CCN(CC(=O)O)Cc1cc(F)ccc1C#N. The van der Waals surface area contributed by atoms with Crippen LogP contribution in [0, 0.1) is 17.1 Å². The van der Waals surface area contributed by atoms with Crippen LogP contribution in [-0.4, -0.2) is 29.1 Å². The minimum Gasteiger partial charge on any atom is -0.480 e. The number of aliphatic carboxylic acids is 1. The van der Waals surface area contributed by atoms with Crippen molar-refractivity contribution in [3.63, 3.8) is 0 Å². The number of hydrogen-bond donors (Lipinski definition) is 1. The van der Waals surface area contributed by atoms with Gasteiger partial charge < -0.3 is 5.11 Å². The van der Waals surface area contributed by atoms with Crippen LogP contribution in [0.2, 0.25) is 0 Å². The van der Waals surface area contributed by atoms with Gasteiger partial charge in [-0.15, -0.1) is 0 Å². The molecule has 1 rings (SSSR count). The van der Waals surface area contributed by atoms with E-state index < -0.39 is 11.8 Å². The predicted octanol–water partition coefficient (Wildman–Crippen LogP) is 1.60. The number of rotatable bonds is 5. The van der Waals surface area contributed by atoms with Gasteiger partial charge in [0.05, 0.1) is 18.2 Å². The average molecular weight is 236 g/mol. The third-order valence-corrected chi connectivity index (χ3v) is 2.39. The summed E-state index contributed by atoms with van der Waals surface area (Å²) in [6, 6.07) is 5.85. The Labute approximate surface area is 98.9 Å². The van der Waals surface area contributed by atoms with E-state index in [1.165, 1.54) is 18.2 Å². The summed E-state index contributed by atoms with van der Waals surface area (Å²) in [7, 11) is 0. The van der Waals surface area contributed by atoms with Crippen LogP contribution in [0.15, 0.2) is 18.2 Å². The monoisotopic (exact) mass is 236 g/mol. The summed E-state index contributed by atoms with van der Waals surface area (Å²) in [4.78, 5) is 12.2. The molecule has 0 radical (unpaired) electrons. The minimum absolute atomic E-state index is 0.127. The first-order valence-electron chi connectivity index (χ1n) is 5.19. The lowest BCUT2D eigenvalue weighted by molar-refractivity contribution is -0.138. The van der Waals surface area contributed by atoms with E-state index in [1.807, 2.05) is 13.0 Å². The van der Waals surface area contributed by atoms with Crippen LogP contribution < -0.4 is 0 Å². The molecule has 5 heteroatoms. The molecule has 0 spiro atoms. The number of hydrogen-bond acceptors (Lipinski definition) is 3. The van der Waals surface area contributed by atoms with Gasteiger partial charge in [-0.05, 0) is 30.3 Å². The standard InChI is InChI=1S/C12H13FN2O2/c1-2-15(8-12(16)17)7-10-5-11(13)4-3-9(10)6-14/h3-5H,2,7-8H2,1H3,(H,16,17). The molecule has 0 heterocycles. The molecule has 0 fully saturated rings. The smallest absolute Gasteiger partial charge is 0.317 e. The molecule has 0 unspecified atom stereocenters. The van der Waals surface area contributed by atoms with Gasteiger partial charge in [-0.3, -0.25) is 9.69 Å². The molecule has 1 N–H and O–H groups in total. The van der Waals surface area contributed by atoms with Gasteiger partial charge in [0, 0.05) is 6.54 Å². The molecule has 0 aromatic heterocycles. The highest BCUT2D eigenvalue weighted by Crippen LogP contribution is 2.13. The fourth-order valence-corrected chi connectivity index (χ4v) is 1.51. The molecule has 0 atom stereocenters. The number of benzene rings is 1. The number of carbonyl (C=O) groups is 1. The first kappa shape index (κ1) is 13.1. The van der Waals surface area contributed by atoms with Gasteiger partial charge >= 0.3 is 5.97 Å². The van der Waals surface area contributed by atoms with E-state index in [0.717, 1.165) is 0 Å². The Hall–Kier alpha value is -1.93. The third kappa shape index (κ3) is 3.85. The number of carboxylic acids is 1. The van der Waals surface area contributed by atoms with Crippen molar-refractivity contribution in [3.05, 3.63) is 35.1 Å². The fraction of sp³-hybridized carbons (Fsp3) is 0.333. The zero-order valence-electron chi connectivity index (χ0n) is 9.48. The summed E-state index contributed by atoms with van der Waals surface area (Å²) < 4.78 is 13.1. The summed E-state index contributed by atoms with van der Waals surface area (Å²) in [5, 5.41) is 17.6. The average Bonchev–Trinajstić information content (AvgIpc) is 2.28. The minimum atomic E-state index is -0.943. The lowest BCUT2D eigenvalue weighted by atomic mass is 10.1. The van der Waals surface area contributed by atoms with Crippen molar-refractivity contribution in [1.29, 1.82) is 5.26 Å². The molecule has 0 saturated heterocycles. The fourth-order valence-electron chi connectivity index (χ4n) is 1.51. The Morgan fingerprint density at radius 3 is 2.82 bits per heavy atom. The highest BCUT2D eigenvalue weighted by Gasteiger charge is 2.11. The Morgan fingerprint density at radius 1 is 1.59 bits per heavy atom. The first-order valence-corrected chi connectivity index (χ1v) is 5.19. The first-order chi connectivity index (χ1) is 8.06. The van der Waals surface area contributed by atoms with Crippen LogP contribution in [0.3, 0.4) is 0 Å². The van der Waals surface area contributed by atoms with E-state index in [2.05, 4.69) is 0 Å². The summed E-state index contributed by atoms with van der Waals surface area (Å²) in [6.45, 7) is 2.46. The molecule has 4 nitrogen and oxygen atoms in total. The second-order valence-electron chi connectivity index (χ2n) is 3.61. The highest BCUT2D eigenvalue weighted by atomic mass is 19.1. The van der Waals surface area contributed by atoms with Gasteiger partial charge in [0.15, 0.2) is 0 Å². The molecule has 0 aliphatic rings. The Morgan fingerprint density at radius 2 is 2.29 bits per heavy atom. The van der Waals surface area contributed by atoms with Gasteiger partial charge in [-0.2, -0.15) is 5.26 Å². The van der Waals surface area contributed by atoms with Crippen molar-refractivity contribution in [2.45, 2.75) is 13.5 Å². The molecule has 90 valence electrons. The van der Waals surface area contributed by atoms with E-state index in [4.69, 9.17) is 10.4 Å². The third-order valence-electron chi connectivity index (χ3n) is 2.39. The molecule has 0 aliphatic carbocycles. The van der Waals surface area contributed by atoms with Crippen molar-refractivity contribution in [2.75, 3.05) is 13.1 Å². The number of nitriles is 1. The molecule has 0 bridgehead atoms. The number of nitrogens with zero attached hydrogens (tertiary/aromatic N) is 2. The molecular weight excluding hydrogens is 223 g/mol. The van der Waals surface area contributed by atoms with E-state index >= 15 is 0 Å². The van der Waals surface area contributed by atoms with E-state index in [-0.39, 0.29) is 13.1 Å². The molecular formula is C12H13FN2O2. The Kier molecular flexibility index (Phi) is 4.61. The van der Waals surface area contributed by atoms with Crippen molar-refractivity contribution >= 4 is 5.97 Å². The molecule has 1 aromatic rings. The van der Waals surface area contributed by atoms with Gasteiger partial charge in [0.1, 0.15) is 5.82 Å². The molecule has 1 aromatic carbocycles. The van der Waals surface area contributed by atoms with Gasteiger partial charge in [-0.1, -0.05) is 6.92 Å².